The van der Waals surface area contributed by atoms with Crippen molar-refractivity contribution < 1.29 is 22.3 Å². The molecule has 1 unspecified atom stereocenters. The zero-order chi connectivity index (χ0) is 25.9. The Morgan fingerprint density at radius 2 is 1.21 bits per heavy atom. The third kappa shape index (κ3) is 9.62. The van der Waals surface area contributed by atoms with Crippen LogP contribution in [0.15, 0.2) is 121 Å². The van der Waals surface area contributed by atoms with E-state index >= 15 is 0 Å². The SMILES string of the molecule is C=CCCC(=C)/C(F)=C(/F)C(=C)C(=C)/C=C\C(=C)C(=C)/C(F)=C(/F)C(=C)C(C)COC(C)C. The van der Waals surface area contributed by atoms with E-state index in [4.69, 9.17) is 4.74 Å². The summed E-state index contributed by atoms with van der Waals surface area (Å²) >= 11 is 0. The number of halogens is 4. The molecule has 1 atom stereocenters. The molecule has 0 saturated heterocycles. The van der Waals surface area contributed by atoms with Crippen LogP contribution < -0.4 is 0 Å². The van der Waals surface area contributed by atoms with E-state index in [1.165, 1.54) is 12.2 Å². The van der Waals surface area contributed by atoms with Gasteiger partial charge in [-0.15, -0.1) is 6.58 Å². The fraction of sp³-hybridized carbons (Fsp3) is 0.286. The maximum absolute atomic E-state index is 14.6. The molecule has 0 saturated carbocycles. The van der Waals surface area contributed by atoms with Crippen LogP contribution in [0.25, 0.3) is 0 Å². The number of allylic oxidation sites excluding steroid dienone is 12. The van der Waals surface area contributed by atoms with Gasteiger partial charge in [-0.05, 0) is 49.0 Å². The fourth-order valence-corrected chi connectivity index (χ4v) is 2.29. The van der Waals surface area contributed by atoms with Crippen molar-refractivity contribution in [2.45, 2.75) is 39.7 Å². The van der Waals surface area contributed by atoms with Crippen molar-refractivity contribution in [1.82, 2.24) is 0 Å². The van der Waals surface area contributed by atoms with Crippen LogP contribution in [0.2, 0.25) is 0 Å². The lowest BCUT2D eigenvalue weighted by Crippen LogP contribution is -2.13. The summed E-state index contributed by atoms with van der Waals surface area (Å²) in [6, 6.07) is 0. The Hall–Kier alpha value is -2.92. The number of hydrogen-bond acceptors (Lipinski definition) is 1. The molecule has 0 spiro atoms. The van der Waals surface area contributed by atoms with Gasteiger partial charge in [-0.1, -0.05) is 64.6 Å². The molecule has 1 nitrogen and oxygen atoms in total. The molecule has 0 aromatic carbocycles. The summed E-state index contributed by atoms with van der Waals surface area (Å²) in [6.45, 7) is 30.4. The number of ether oxygens (including phenoxy) is 1. The Morgan fingerprint density at radius 3 is 1.64 bits per heavy atom. The van der Waals surface area contributed by atoms with Gasteiger partial charge in [0.15, 0.2) is 23.3 Å². The van der Waals surface area contributed by atoms with Gasteiger partial charge in [0.1, 0.15) is 0 Å². The third-order valence-corrected chi connectivity index (χ3v) is 4.69. The Balaban J connectivity index is 5.36. The highest BCUT2D eigenvalue weighted by Gasteiger charge is 2.19. The van der Waals surface area contributed by atoms with Crippen LogP contribution in [-0.2, 0) is 4.74 Å². The van der Waals surface area contributed by atoms with Crippen molar-refractivity contribution in [3.8, 4) is 0 Å². The van der Waals surface area contributed by atoms with Crippen molar-refractivity contribution in [2.24, 2.45) is 5.92 Å². The lowest BCUT2D eigenvalue weighted by atomic mass is 9.98. The van der Waals surface area contributed by atoms with E-state index in [9.17, 15) is 17.6 Å². The Bertz CT molecular complexity index is 926. The van der Waals surface area contributed by atoms with Gasteiger partial charge in [0.2, 0.25) is 0 Å². The molecule has 0 bridgehead atoms. The van der Waals surface area contributed by atoms with Crippen LogP contribution in [0.5, 0.6) is 0 Å². The van der Waals surface area contributed by atoms with E-state index in [1.54, 1.807) is 13.0 Å². The second-order valence-electron chi connectivity index (χ2n) is 7.84. The summed E-state index contributed by atoms with van der Waals surface area (Å²) in [7, 11) is 0. The highest BCUT2D eigenvalue weighted by molar-refractivity contribution is 5.54. The third-order valence-electron chi connectivity index (χ3n) is 4.69. The molecule has 0 aliphatic rings. The van der Waals surface area contributed by atoms with Crippen LogP contribution in [0.3, 0.4) is 0 Å². The predicted molar refractivity (Wildman–Crippen MR) is 132 cm³/mol. The summed E-state index contributed by atoms with van der Waals surface area (Å²) in [4.78, 5) is 0. The summed E-state index contributed by atoms with van der Waals surface area (Å²) < 4.78 is 63.1. The fourth-order valence-electron chi connectivity index (χ4n) is 2.29. The predicted octanol–water partition coefficient (Wildman–Crippen LogP) is 9.21. The maximum atomic E-state index is 14.6. The minimum Gasteiger partial charge on any atom is -0.378 e. The molecular weight excluding hydrogens is 428 g/mol. The lowest BCUT2D eigenvalue weighted by molar-refractivity contribution is 0.0625. The summed E-state index contributed by atoms with van der Waals surface area (Å²) in [5, 5.41) is 0. The van der Waals surface area contributed by atoms with E-state index in [0.29, 0.717) is 6.42 Å². The first-order chi connectivity index (χ1) is 15.3. The van der Waals surface area contributed by atoms with Gasteiger partial charge in [0.05, 0.1) is 12.7 Å². The van der Waals surface area contributed by atoms with Gasteiger partial charge in [-0.25, -0.2) is 17.6 Å². The number of hydrogen-bond donors (Lipinski definition) is 0. The molecule has 0 aromatic rings. The zero-order valence-corrected chi connectivity index (χ0v) is 19.9. The van der Waals surface area contributed by atoms with Gasteiger partial charge in [0.25, 0.3) is 0 Å². The molecule has 0 N–H and O–H groups in total. The molecule has 5 heteroatoms. The van der Waals surface area contributed by atoms with Crippen molar-refractivity contribution >= 4 is 0 Å². The summed E-state index contributed by atoms with van der Waals surface area (Å²) in [5.74, 6) is -5.14. The molecule has 0 heterocycles. The van der Waals surface area contributed by atoms with Crippen LogP contribution in [0, 0.1) is 5.92 Å². The molecule has 0 rings (SSSR count). The van der Waals surface area contributed by atoms with Gasteiger partial charge >= 0.3 is 0 Å². The number of rotatable bonds is 15. The van der Waals surface area contributed by atoms with Gasteiger partial charge in [0, 0.05) is 17.1 Å². The highest BCUT2D eigenvalue weighted by atomic mass is 19.2. The van der Waals surface area contributed by atoms with Crippen molar-refractivity contribution in [1.29, 1.82) is 0 Å². The van der Waals surface area contributed by atoms with Crippen LogP contribution in [-0.4, -0.2) is 12.7 Å². The van der Waals surface area contributed by atoms with E-state index < -0.39 is 29.2 Å². The monoisotopic (exact) mass is 462 g/mol. The first-order valence-electron chi connectivity index (χ1n) is 10.4. The Labute approximate surface area is 195 Å². The topological polar surface area (TPSA) is 9.23 Å². The molecule has 0 fully saturated rings. The standard InChI is InChI=1S/C28H34F4O/c1-11-12-13-20(6)25(29)26(30)22(8)18(4)14-15-19(5)23(9)27(31)28(32)24(10)21(7)16-33-17(2)3/h11,14-15,17,21H,1,4-6,8-10,12-13,16H2,2-3,7H3/b15-14-,26-25-,28-27-. The lowest BCUT2D eigenvalue weighted by Gasteiger charge is -2.16. The minimum atomic E-state index is -1.22. The largest absolute Gasteiger partial charge is 0.378 e. The van der Waals surface area contributed by atoms with Crippen LogP contribution in [0.1, 0.15) is 33.6 Å². The Kier molecular flexibility index (Phi) is 13.0. The smallest absolute Gasteiger partial charge is 0.166 e. The van der Waals surface area contributed by atoms with Gasteiger partial charge in [-0.2, -0.15) is 0 Å². The Morgan fingerprint density at radius 1 is 0.758 bits per heavy atom. The molecular formula is C28H34F4O. The van der Waals surface area contributed by atoms with Crippen LogP contribution >= 0.6 is 0 Å². The molecule has 180 valence electrons. The van der Waals surface area contributed by atoms with E-state index in [2.05, 4.69) is 46.1 Å². The average molecular weight is 463 g/mol. The van der Waals surface area contributed by atoms with E-state index in [-0.39, 0.29) is 52.6 Å². The van der Waals surface area contributed by atoms with Gasteiger partial charge in [-0.3, -0.25) is 0 Å². The maximum Gasteiger partial charge on any atom is 0.166 e. The molecule has 0 aliphatic carbocycles. The molecule has 0 amide bonds. The van der Waals surface area contributed by atoms with Crippen molar-refractivity contribution in [3.63, 3.8) is 0 Å². The quantitative estimate of drug-likeness (QED) is 0.134. The average Bonchev–Trinajstić information content (AvgIpc) is 2.80. The van der Waals surface area contributed by atoms with Crippen LogP contribution in [0.4, 0.5) is 17.6 Å². The van der Waals surface area contributed by atoms with Gasteiger partial charge < -0.3 is 4.74 Å². The molecule has 0 aromatic heterocycles. The minimum absolute atomic E-state index is 0.00994. The zero-order valence-electron chi connectivity index (χ0n) is 19.9. The summed E-state index contributed by atoms with van der Waals surface area (Å²) in [5.41, 5.74) is -0.698. The normalized spacial score (nSPS) is 13.8. The summed E-state index contributed by atoms with van der Waals surface area (Å²) in [6.07, 6.45) is 4.68. The van der Waals surface area contributed by atoms with E-state index in [1.807, 2.05) is 13.8 Å². The first kappa shape index (κ1) is 30.1. The van der Waals surface area contributed by atoms with E-state index in [0.717, 1.165) is 0 Å². The second kappa shape index (κ2) is 14.3. The van der Waals surface area contributed by atoms with Crippen molar-refractivity contribution in [2.75, 3.05) is 6.61 Å². The first-order valence-corrected chi connectivity index (χ1v) is 10.4. The molecule has 33 heavy (non-hydrogen) atoms. The second-order valence-corrected chi connectivity index (χ2v) is 7.84. The molecule has 0 aliphatic heterocycles. The highest BCUT2D eigenvalue weighted by Crippen LogP contribution is 2.31. The van der Waals surface area contributed by atoms with Crippen molar-refractivity contribution in [3.05, 3.63) is 121 Å². The molecule has 0 radical (unpaired) electrons.